The van der Waals surface area contributed by atoms with E-state index in [1.54, 1.807) is 18.2 Å². The van der Waals surface area contributed by atoms with Crippen molar-refractivity contribution in [2.45, 2.75) is 6.35 Å². The van der Waals surface area contributed by atoms with Gasteiger partial charge in [-0.25, -0.2) is 18.4 Å². The first-order chi connectivity index (χ1) is 13.1. The van der Waals surface area contributed by atoms with Crippen LogP contribution in [0.2, 0.25) is 0 Å². The Balaban J connectivity index is 1.77. The van der Waals surface area contributed by atoms with Crippen molar-refractivity contribution in [3.05, 3.63) is 58.5 Å². The molecule has 4 heterocycles. The molecule has 27 heavy (non-hydrogen) atoms. The number of fused-ring (bicyclic) bond motifs is 2. The van der Waals surface area contributed by atoms with Gasteiger partial charge in [0.1, 0.15) is 5.69 Å². The van der Waals surface area contributed by atoms with Crippen LogP contribution < -0.4 is 10.9 Å². The topological polar surface area (TPSA) is 84.8 Å². The average Bonchev–Trinajstić information content (AvgIpc) is 3.30. The van der Waals surface area contributed by atoms with Crippen LogP contribution in [0.4, 0.5) is 8.78 Å². The summed E-state index contributed by atoms with van der Waals surface area (Å²) in [7, 11) is 0. The highest BCUT2D eigenvalue weighted by atomic mass is 19.2. The van der Waals surface area contributed by atoms with E-state index in [9.17, 15) is 13.6 Å². The van der Waals surface area contributed by atoms with E-state index in [4.69, 9.17) is 4.74 Å². The van der Waals surface area contributed by atoms with Crippen LogP contribution >= 0.6 is 0 Å². The largest absolute Gasteiger partial charge is 0.342 e. The fourth-order valence-electron chi connectivity index (χ4n) is 3.27. The molecule has 5 rings (SSSR count). The Morgan fingerprint density at radius 1 is 1.15 bits per heavy atom. The van der Waals surface area contributed by atoms with E-state index < -0.39 is 18.0 Å². The lowest BCUT2D eigenvalue weighted by atomic mass is 10.1. The van der Waals surface area contributed by atoms with Gasteiger partial charge in [0.25, 0.3) is 5.56 Å². The van der Waals surface area contributed by atoms with Gasteiger partial charge in [-0.1, -0.05) is 0 Å². The second-order valence-electron chi connectivity index (χ2n) is 6.19. The van der Waals surface area contributed by atoms with Crippen molar-refractivity contribution in [1.82, 2.24) is 25.1 Å². The molecule has 3 aromatic heterocycles. The lowest BCUT2D eigenvalue weighted by Gasteiger charge is -2.11. The number of aromatic amines is 1. The van der Waals surface area contributed by atoms with Gasteiger partial charge in [0.05, 0.1) is 28.7 Å². The van der Waals surface area contributed by atoms with Crippen LogP contribution in [0, 0.1) is 11.6 Å². The molecule has 0 aliphatic carbocycles. The molecule has 1 aromatic carbocycles. The van der Waals surface area contributed by atoms with E-state index >= 15 is 0 Å². The molecule has 1 unspecified atom stereocenters. The number of ether oxygens (including phenoxy) is 1. The monoisotopic (exact) mass is 369 g/mol. The average molecular weight is 369 g/mol. The summed E-state index contributed by atoms with van der Waals surface area (Å²) in [5.41, 5.74) is 1.44. The molecule has 1 fully saturated rings. The summed E-state index contributed by atoms with van der Waals surface area (Å²) < 4.78 is 34.8. The fraction of sp³-hybridized carbons (Fsp3) is 0.167. The zero-order valence-corrected chi connectivity index (χ0v) is 13.9. The second-order valence-corrected chi connectivity index (χ2v) is 6.19. The van der Waals surface area contributed by atoms with Crippen LogP contribution in [0.15, 0.2) is 41.3 Å². The van der Waals surface area contributed by atoms with Gasteiger partial charge < -0.3 is 9.72 Å². The number of nitrogens with one attached hydrogen (secondary N) is 2. The zero-order valence-electron chi connectivity index (χ0n) is 13.9. The van der Waals surface area contributed by atoms with Crippen LogP contribution in [-0.4, -0.2) is 32.9 Å². The third-order valence-corrected chi connectivity index (χ3v) is 4.53. The Morgan fingerprint density at radius 3 is 2.81 bits per heavy atom. The molecular formula is C18H13F2N5O2. The summed E-state index contributed by atoms with van der Waals surface area (Å²) in [5.74, 6) is -1.94. The predicted molar refractivity (Wildman–Crippen MR) is 94.0 cm³/mol. The number of benzene rings is 1. The molecule has 1 aliphatic rings. The van der Waals surface area contributed by atoms with Gasteiger partial charge in [-0.15, -0.1) is 0 Å². The number of hydrogen-bond donors (Lipinski definition) is 2. The number of rotatable bonds is 2. The quantitative estimate of drug-likeness (QED) is 0.566. The molecular weight excluding hydrogens is 356 g/mol. The van der Waals surface area contributed by atoms with Crippen molar-refractivity contribution in [3.8, 4) is 11.4 Å². The normalized spacial score (nSPS) is 17.2. The summed E-state index contributed by atoms with van der Waals surface area (Å²) in [6.07, 6.45) is 0.929. The summed E-state index contributed by atoms with van der Waals surface area (Å²) in [5, 5.41) is 8.44. The molecule has 0 radical (unpaired) electrons. The second kappa shape index (κ2) is 5.93. The van der Waals surface area contributed by atoms with Gasteiger partial charge in [-0.05, 0) is 24.3 Å². The van der Waals surface area contributed by atoms with E-state index in [1.165, 1.54) is 10.9 Å². The van der Waals surface area contributed by atoms with E-state index in [0.29, 0.717) is 46.3 Å². The van der Waals surface area contributed by atoms with Crippen molar-refractivity contribution >= 4 is 21.8 Å². The number of H-pyrrole nitrogens is 1. The summed E-state index contributed by atoms with van der Waals surface area (Å²) >= 11 is 0. The number of nitrogens with zero attached hydrogens (tertiary/aromatic N) is 3. The molecule has 7 nitrogen and oxygen atoms in total. The summed E-state index contributed by atoms with van der Waals surface area (Å²) in [4.78, 5) is 18.9. The zero-order chi connectivity index (χ0) is 18.5. The van der Waals surface area contributed by atoms with Gasteiger partial charge in [0.2, 0.25) is 6.35 Å². The predicted octanol–water partition coefficient (Wildman–Crippen LogP) is 2.29. The highest BCUT2D eigenvalue weighted by Gasteiger charge is 2.24. The van der Waals surface area contributed by atoms with Gasteiger partial charge in [0, 0.05) is 24.2 Å². The Kier molecular flexibility index (Phi) is 3.52. The molecule has 136 valence electrons. The summed E-state index contributed by atoms with van der Waals surface area (Å²) in [6.45, 7) is 1.12. The van der Waals surface area contributed by atoms with Crippen LogP contribution in [-0.2, 0) is 4.74 Å². The minimum absolute atomic E-state index is 0.251. The maximum Gasteiger partial charge on any atom is 0.257 e. The lowest BCUT2D eigenvalue weighted by Crippen LogP contribution is -2.22. The Bertz CT molecular complexity index is 1240. The van der Waals surface area contributed by atoms with E-state index in [0.717, 1.165) is 12.1 Å². The van der Waals surface area contributed by atoms with Gasteiger partial charge in [-0.2, -0.15) is 5.10 Å². The first-order valence-electron chi connectivity index (χ1n) is 8.33. The first kappa shape index (κ1) is 16.0. The minimum atomic E-state index is -0.971. The van der Waals surface area contributed by atoms with Crippen molar-refractivity contribution in [2.24, 2.45) is 0 Å². The van der Waals surface area contributed by atoms with E-state index in [-0.39, 0.29) is 5.56 Å². The fourth-order valence-corrected chi connectivity index (χ4v) is 3.27. The molecule has 9 heteroatoms. The Labute approximate surface area is 150 Å². The molecule has 0 amide bonds. The number of halogens is 2. The highest BCUT2D eigenvalue weighted by molar-refractivity contribution is 5.94. The van der Waals surface area contributed by atoms with Crippen molar-refractivity contribution in [1.29, 1.82) is 0 Å². The van der Waals surface area contributed by atoms with E-state index in [1.807, 2.05) is 0 Å². The van der Waals surface area contributed by atoms with Crippen LogP contribution in [0.3, 0.4) is 0 Å². The molecule has 1 atom stereocenters. The third-order valence-electron chi connectivity index (χ3n) is 4.53. The first-order valence-corrected chi connectivity index (χ1v) is 8.33. The lowest BCUT2D eigenvalue weighted by molar-refractivity contribution is 0.0381. The highest BCUT2D eigenvalue weighted by Crippen LogP contribution is 2.31. The minimum Gasteiger partial charge on any atom is -0.342 e. The number of pyridine rings is 2. The van der Waals surface area contributed by atoms with Crippen LogP contribution in [0.5, 0.6) is 0 Å². The summed E-state index contributed by atoms with van der Waals surface area (Å²) in [6, 6.07) is 7.12. The Morgan fingerprint density at radius 2 is 2.00 bits per heavy atom. The molecule has 0 bridgehead atoms. The third kappa shape index (κ3) is 2.51. The Hall–Kier alpha value is -3.17. The maximum atomic E-state index is 13.9. The van der Waals surface area contributed by atoms with Crippen molar-refractivity contribution in [2.75, 3.05) is 13.2 Å². The van der Waals surface area contributed by atoms with Crippen LogP contribution in [0.25, 0.3) is 33.2 Å². The van der Waals surface area contributed by atoms with Crippen LogP contribution in [0.1, 0.15) is 6.35 Å². The molecule has 1 aliphatic heterocycles. The van der Waals surface area contributed by atoms with Crippen molar-refractivity contribution in [3.63, 3.8) is 0 Å². The maximum absolute atomic E-state index is 13.9. The SMILES string of the molecule is O=c1[nH]ccc2nc(-c3nn(C4NCCO4)c4cc(F)c(F)cc34)ccc12. The molecule has 2 N–H and O–H groups in total. The molecule has 4 aromatic rings. The number of aromatic nitrogens is 4. The van der Waals surface area contributed by atoms with Gasteiger partial charge in [0.15, 0.2) is 11.6 Å². The van der Waals surface area contributed by atoms with Gasteiger partial charge >= 0.3 is 0 Å². The van der Waals surface area contributed by atoms with Crippen molar-refractivity contribution < 1.29 is 13.5 Å². The standard InChI is InChI=1S/C18H13F2N5O2/c19-11-7-10-15(8-12(11)20)25(18-22-5-6-27-18)24-16(10)14-2-1-9-13(23-14)3-4-21-17(9)26/h1-4,7-8,18,22H,5-6H2,(H,21,26). The molecule has 0 spiro atoms. The van der Waals surface area contributed by atoms with Gasteiger partial charge in [-0.3, -0.25) is 10.1 Å². The smallest absolute Gasteiger partial charge is 0.257 e. The van der Waals surface area contributed by atoms with E-state index in [2.05, 4.69) is 20.4 Å². The number of hydrogen-bond acceptors (Lipinski definition) is 5. The molecule has 1 saturated heterocycles. The molecule has 0 saturated carbocycles.